The van der Waals surface area contributed by atoms with Gasteiger partial charge in [0.15, 0.2) is 0 Å². The van der Waals surface area contributed by atoms with Crippen LogP contribution in [0, 0.1) is 6.92 Å². The Balaban J connectivity index is 1.43. The summed E-state index contributed by atoms with van der Waals surface area (Å²) in [7, 11) is 0. The van der Waals surface area contributed by atoms with Gasteiger partial charge in [0.05, 0.1) is 23.5 Å². The highest BCUT2D eigenvalue weighted by atomic mass is 16.2. The molecule has 148 valence electrons. The SMILES string of the molecule is CC(=O)N1C=Cc2ccccc2C1CC(=O)NCCn1c(C)nc2ccccc21. The average molecular weight is 388 g/mol. The summed E-state index contributed by atoms with van der Waals surface area (Å²) < 4.78 is 2.11. The largest absolute Gasteiger partial charge is 0.354 e. The first-order chi connectivity index (χ1) is 14.0. The summed E-state index contributed by atoms with van der Waals surface area (Å²) in [6.45, 7) is 4.65. The van der Waals surface area contributed by atoms with Crippen molar-refractivity contribution in [2.75, 3.05) is 6.54 Å². The van der Waals surface area contributed by atoms with E-state index in [0.29, 0.717) is 13.1 Å². The van der Waals surface area contributed by atoms with E-state index in [1.54, 1.807) is 11.1 Å². The molecule has 2 heterocycles. The van der Waals surface area contributed by atoms with Crippen LogP contribution in [0.4, 0.5) is 0 Å². The number of nitrogens with one attached hydrogen (secondary N) is 1. The Morgan fingerprint density at radius 1 is 1.10 bits per heavy atom. The summed E-state index contributed by atoms with van der Waals surface area (Å²) in [5, 5.41) is 3.00. The second-order valence-corrected chi connectivity index (χ2v) is 7.24. The fourth-order valence-corrected chi connectivity index (χ4v) is 3.95. The van der Waals surface area contributed by atoms with Gasteiger partial charge in [-0.3, -0.25) is 9.59 Å². The number of nitrogens with zero attached hydrogens (tertiary/aromatic N) is 3. The molecule has 2 aromatic carbocycles. The average Bonchev–Trinajstić information content (AvgIpc) is 3.03. The molecule has 1 aliphatic heterocycles. The van der Waals surface area contributed by atoms with Gasteiger partial charge in [-0.1, -0.05) is 36.4 Å². The molecule has 0 fully saturated rings. The Morgan fingerprint density at radius 3 is 2.69 bits per heavy atom. The molecule has 1 N–H and O–H groups in total. The summed E-state index contributed by atoms with van der Waals surface area (Å²) in [6, 6.07) is 15.6. The second kappa shape index (κ2) is 7.91. The number of aromatic nitrogens is 2. The highest BCUT2D eigenvalue weighted by molar-refractivity contribution is 5.82. The second-order valence-electron chi connectivity index (χ2n) is 7.24. The summed E-state index contributed by atoms with van der Waals surface area (Å²) in [5.74, 6) is 0.775. The summed E-state index contributed by atoms with van der Waals surface area (Å²) in [6.07, 6.45) is 3.91. The van der Waals surface area contributed by atoms with Crippen molar-refractivity contribution in [3.05, 3.63) is 71.7 Å². The Morgan fingerprint density at radius 2 is 1.86 bits per heavy atom. The quantitative estimate of drug-likeness (QED) is 0.728. The number of carbonyl (C=O) groups excluding carboxylic acids is 2. The lowest BCUT2D eigenvalue weighted by Crippen LogP contribution is -2.36. The van der Waals surface area contributed by atoms with Crippen LogP contribution in [0.5, 0.6) is 0 Å². The maximum Gasteiger partial charge on any atom is 0.223 e. The Hall–Kier alpha value is -3.41. The van der Waals surface area contributed by atoms with Crippen molar-refractivity contribution in [1.82, 2.24) is 19.8 Å². The minimum atomic E-state index is -0.287. The van der Waals surface area contributed by atoms with Crippen LogP contribution in [0.3, 0.4) is 0 Å². The molecule has 1 aromatic heterocycles. The number of imidazole rings is 1. The highest BCUT2D eigenvalue weighted by Crippen LogP contribution is 2.32. The van der Waals surface area contributed by atoms with E-state index in [4.69, 9.17) is 0 Å². The lowest BCUT2D eigenvalue weighted by atomic mass is 9.93. The molecular formula is C23H24N4O2. The minimum Gasteiger partial charge on any atom is -0.354 e. The first-order valence-electron chi connectivity index (χ1n) is 9.79. The van der Waals surface area contributed by atoms with Crippen molar-refractivity contribution in [2.45, 2.75) is 32.9 Å². The van der Waals surface area contributed by atoms with E-state index in [1.165, 1.54) is 6.92 Å². The van der Waals surface area contributed by atoms with Crippen LogP contribution >= 0.6 is 0 Å². The zero-order chi connectivity index (χ0) is 20.4. The van der Waals surface area contributed by atoms with E-state index >= 15 is 0 Å². The van der Waals surface area contributed by atoms with Gasteiger partial charge in [-0.15, -0.1) is 0 Å². The minimum absolute atomic E-state index is 0.0749. The maximum absolute atomic E-state index is 12.7. The summed E-state index contributed by atoms with van der Waals surface area (Å²) in [5.41, 5.74) is 4.06. The lowest BCUT2D eigenvalue weighted by molar-refractivity contribution is -0.129. The first kappa shape index (κ1) is 18.9. The molecule has 0 saturated carbocycles. The molecule has 0 bridgehead atoms. The van der Waals surface area contributed by atoms with Crippen LogP contribution in [0.15, 0.2) is 54.7 Å². The van der Waals surface area contributed by atoms with Crippen LogP contribution < -0.4 is 5.32 Å². The molecule has 1 unspecified atom stereocenters. The Bertz CT molecular complexity index is 1100. The molecule has 6 nitrogen and oxygen atoms in total. The van der Waals surface area contributed by atoms with Crippen molar-refractivity contribution in [3.8, 4) is 0 Å². The fraction of sp³-hybridized carbons (Fsp3) is 0.261. The number of rotatable bonds is 5. The van der Waals surface area contributed by atoms with E-state index < -0.39 is 0 Å². The number of fused-ring (bicyclic) bond motifs is 2. The third-order valence-electron chi connectivity index (χ3n) is 5.35. The number of amides is 2. The molecule has 0 saturated heterocycles. The van der Waals surface area contributed by atoms with Gasteiger partial charge in [-0.25, -0.2) is 4.98 Å². The number of para-hydroxylation sites is 2. The summed E-state index contributed by atoms with van der Waals surface area (Å²) in [4.78, 5) is 30.9. The zero-order valence-electron chi connectivity index (χ0n) is 16.6. The summed E-state index contributed by atoms with van der Waals surface area (Å²) >= 11 is 0. The van der Waals surface area contributed by atoms with Crippen LogP contribution in [0.1, 0.15) is 36.3 Å². The van der Waals surface area contributed by atoms with Crippen molar-refractivity contribution in [2.24, 2.45) is 0 Å². The van der Waals surface area contributed by atoms with Gasteiger partial charge in [-0.2, -0.15) is 0 Å². The molecule has 1 aliphatic rings. The van der Waals surface area contributed by atoms with Gasteiger partial charge < -0.3 is 14.8 Å². The van der Waals surface area contributed by atoms with Crippen molar-refractivity contribution < 1.29 is 9.59 Å². The predicted octanol–water partition coefficient (Wildman–Crippen LogP) is 3.43. The normalized spacial score (nSPS) is 15.4. The van der Waals surface area contributed by atoms with Crippen LogP contribution in [-0.2, 0) is 16.1 Å². The van der Waals surface area contributed by atoms with Gasteiger partial charge in [0, 0.05) is 26.2 Å². The van der Waals surface area contributed by atoms with E-state index in [1.807, 2.05) is 61.5 Å². The van der Waals surface area contributed by atoms with Crippen molar-refractivity contribution in [3.63, 3.8) is 0 Å². The number of hydrogen-bond acceptors (Lipinski definition) is 3. The van der Waals surface area contributed by atoms with E-state index in [2.05, 4.69) is 14.9 Å². The molecule has 2 amide bonds. The van der Waals surface area contributed by atoms with Gasteiger partial charge in [-0.05, 0) is 36.3 Å². The molecule has 0 aliphatic carbocycles. The number of benzene rings is 2. The van der Waals surface area contributed by atoms with Gasteiger partial charge in [0.2, 0.25) is 11.8 Å². The fourth-order valence-electron chi connectivity index (χ4n) is 3.95. The first-order valence-corrected chi connectivity index (χ1v) is 9.79. The van der Waals surface area contributed by atoms with Crippen molar-refractivity contribution in [1.29, 1.82) is 0 Å². The molecule has 29 heavy (non-hydrogen) atoms. The Kier molecular flexibility index (Phi) is 5.16. The topological polar surface area (TPSA) is 67.2 Å². The molecule has 3 aromatic rings. The lowest BCUT2D eigenvalue weighted by Gasteiger charge is -2.32. The molecule has 0 radical (unpaired) electrons. The van der Waals surface area contributed by atoms with Crippen LogP contribution in [0.2, 0.25) is 0 Å². The monoisotopic (exact) mass is 388 g/mol. The molecule has 0 spiro atoms. The zero-order valence-corrected chi connectivity index (χ0v) is 16.6. The van der Waals surface area contributed by atoms with Gasteiger partial charge in [0.25, 0.3) is 0 Å². The standard InChI is InChI=1S/C23H24N4O2/c1-16-25-20-9-5-6-10-21(20)26(16)14-12-24-23(29)15-22-19-8-4-3-7-18(19)11-13-27(22)17(2)28/h3-11,13,22H,12,14-15H2,1-2H3,(H,24,29). The maximum atomic E-state index is 12.7. The van der Waals surface area contributed by atoms with Gasteiger partial charge in [0.1, 0.15) is 5.82 Å². The van der Waals surface area contributed by atoms with Crippen LogP contribution in [0.25, 0.3) is 17.1 Å². The third kappa shape index (κ3) is 3.78. The van der Waals surface area contributed by atoms with E-state index in [9.17, 15) is 9.59 Å². The predicted molar refractivity (Wildman–Crippen MR) is 113 cm³/mol. The Labute approximate surface area is 169 Å². The van der Waals surface area contributed by atoms with E-state index in [-0.39, 0.29) is 24.3 Å². The van der Waals surface area contributed by atoms with Crippen LogP contribution in [-0.4, -0.2) is 32.8 Å². The molecule has 4 rings (SSSR count). The van der Waals surface area contributed by atoms with E-state index in [0.717, 1.165) is 28.0 Å². The highest BCUT2D eigenvalue weighted by Gasteiger charge is 2.28. The number of carbonyl (C=O) groups is 2. The molecule has 6 heteroatoms. The smallest absolute Gasteiger partial charge is 0.223 e. The molecular weight excluding hydrogens is 364 g/mol. The number of hydrogen-bond donors (Lipinski definition) is 1. The third-order valence-corrected chi connectivity index (χ3v) is 5.35. The van der Waals surface area contributed by atoms with Gasteiger partial charge >= 0.3 is 0 Å². The van der Waals surface area contributed by atoms with Crippen molar-refractivity contribution >= 4 is 28.9 Å². The number of aryl methyl sites for hydroxylation is 1. The molecule has 1 atom stereocenters.